The molecule has 0 N–H and O–H groups in total. The summed E-state index contributed by atoms with van der Waals surface area (Å²) < 4.78 is 15.7. The Hall–Kier alpha value is -4.22. The van der Waals surface area contributed by atoms with Crippen molar-refractivity contribution in [1.82, 2.24) is 0 Å². The maximum absolute atomic E-state index is 13.6. The molecule has 1 aliphatic heterocycles. The quantitative estimate of drug-likeness (QED) is 0.182. The zero-order valence-corrected chi connectivity index (χ0v) is 26.2. The number of esters is 2. The first kappa shape index (κ1) is 31.7. The van der Waals surface area contributed by atoms with Crippen LogP contribution in [0.5, 0.6) is 0 Å². The molecule has 0 atom stereocenters. The highest BCUT2D eigenvalue weighted by atomic mass is 31.2. The van der Waals surface area contributed by atoms with E-state index >= 15 is 0 Å². The number of nitrogens with zero attached hydrogens (tertiary/aromatic N) is 1. The predicted octanol–water partition coefficient (Wildman–Crippen LogP) is 4.59. The van der Waals surface area contributed by atoms with E-state index in [4.69, 9.17) is 19.2 Å². The highest BCUT2D eigenvalue weighted by Crippen LogP contribution is 2.56. The first-order valence-electron chi connectivity index (χ1n) is 14.2. The average Bonchev–Trinajstić information content (AvgIpc) is 3.35. The van der Waals surface area contributed by atoms with Gasteiger partial charge in [-0.2, -0.15) is 0 Å². The van der Waals surface area contributed by atoms with Gasteiger partial charge < -0.3 is 19.3 Å². The Morgan fingerprint density at radius 2 is 1.21 bits per heavy atom. The molecule has 8 heteroatoms. The molecule has 0 saturated carbocycles. The molecule has 0 radical (unpaired) electrons. The fourth-order valence-electron chi connectivity index (χ4n) is 5.23. The maximum Gasteiger partial charge on any atom is 0.310 e. The van der Waals surface area contributed by atoms with Crippen molar-refractivity contribution in [1.29, 1.82) is 0 Å². The summed E-state index contributed by atoms with van der Waals surface area (Å²) in [6.07, 6.45) is 0.512. The van der Waals surface area contributed by atoms with Crippen LogP contribution >= 0.6 is 7.26 Å². The first-order valence-corrected chi connectivity index (χ1v) is 16.2. The van der Waals surface area contributed by atoms with E-state index in [1.165, 1.54) is 14.2 Å². The fraction of sp³-hybridized carbons (Fsp3) is 0.286. The predicted molar refractivity (Wildman–Crippen MR) is 170 cm³/mol. The summed E-state index contributed by atoms with van der Waals surface area (Å²) in [6.45, 7) is 5.36. The second-order valence-electron chi connectivity index (χ2n) is 11.2. The Morgan fingerprint density at radius 1 is 0.744 bits per heavy atom. The highest BCUT2D eigenvalue weighted by Gasteiger charge is 2.48. The lowest BCUT2D eigenvalue weighted by atomic mass is 9.98. The van der Waals surface area contributed by atoms with Crippen molar-refractivity contribution in [3.05, 3.63) is 114 Å². The van der Waals surface area contributed by atoms with Crippen molar-refractivity contribution in [2.45, 2.75) is 45.6 Å². The summed E-state index contributed by atoms with van der Waals surface area (Å²) in [4.78, 5) is 30.0. The Balaban J connectivity index is 2.01. The van der Waals surface area contributed by atoms with Crippen molar-refractivity contribution in [2.24, 2.45) is 4.99 Å². The van der Waals surface area contributed by atoms with E-state index in [0.717, 1.165) is 15.9 Å². The zero-order valence-electron chi connectivity index (χ0n) is 25.3. The number of rotatable bonds is 11. The van der Waals surface area contributed by atoms with Crippen molar-refractivity contribution in [3.8, 4) is 0 Å². The van der Waals surface area contributed by atoms with Crippen molar-refractivity contribution < 1.29 is 28.9 Å². The van der Waals surface area contributed by atoms with Gasteiger partial charge in [0.2, 0.25) is 0 Å². The standard InChI is InChI=1S/C35H38NO6P/c1-35(2,3)42-34(39)33-28(21-22-31(37)40-4)29(23-32(38)41-5)30(36-33)24-43(25-15-9-6-10-16-25,26-17-11-7-12-18-26)27-19-13-8-14-20-27/h6-20H,21-24H2,1-5H3. The van der Waals surface area contributed by atoms with Gasteiger partial charge in [0.1, 0.15) is 29.3 Å². The lowest BCUT2D eigenvalue weighted by molar-refractivity contribution is -0.370. The molecule has 0 amide bonds. The van der Waals surface area contributed by atoms with Crippen molar-refractivity contribution in [2.75, 3.05) is 20.4 Å². The highest BCUT2D eigenvalue weighted by molar-refractivity contribution is 7.96. The number of allylic oxidation sites excluding steroid dienone is 1. The van der Waals surface area contributed by atoms with Crippen LogP contribution < -0.4 is 21.0 Å². The van der Waals surface area contributed by atoms with Gasteiger partial charge in [0, 0.05) is 12.0 Å². The van der Waals surface area contributed by atoms with Crippen LogP contribution in [0.15, 0.2) is 119 Å². The number of ether oxygens (including phenoxy) is 3. The molecule has 3 aromatic rings. The Bertz CT molecular complexity index is 1430. The molecule has 224 valence electrons. The molecule has 7 nitrogen and oxygen atoms in total. The average molecular weight is 600 g/mol. The van der Waals surface area contributed by atoms with Gasteiger partial charge in [-0.15, -0.1) is 0 Å². The number of carbonyl (C=O) groups is 2. The van der Waals surface area contributed by atoms with Gasteiger partial charge in [-0.25, -0.2) is 4.99 Å². The number of hydrogen-bond acceptors (Lipinski definition) is 7. The molecule has 0 saturated heterocycles. The van der Waals surface area contributed by atoms with Gasteiger partial charge in [0.25, 0.3) is 0 Å². The SMILES string of the molecule is COC(=O)CCC1=C(CC(=O)OC)C(C[P+](c2ccccc2)(c2ccccc2)c2ccccc2)=N/C1=C(\[O-])OC(C)(C)C. The van der Waals surface area contributed by atoms with Gasteiger partial charge in [0.05, 0.1) is 38.0 Å². The topological polar surface area (TPSA) is 97.3 Å². The van der Waals surface area contributed by atoms with E-state index in [9.17, 15) is 14.7 Å². The van der Waals surface area contributed by atoms with E-state index in [1.807, 2.05) is 54.6 Å². The minimum absolute atomic E-state index is 0.0158. The zero-order chi connectivity index (χ0) is 31.0. The largest absolute Gasteiger partial charge is 0.606 e. The lowest BCUT2D eigenvalue weighted by Gasteiger charge is -2.31. The molecule has 1 aliphatic rings. The minimum Gasteiger partial charge on any atom is -0.606 e. The van der Waals surface area contributed by atoms with E-state index in [0.29, 0.717) is 23.0 Å². The van der Waals surface area contributed by atoms with Gasteiger partial charge in [0.15, 0.2) is 0 Å². The van der Waals surface area contributed by atoms with Crippen LogP contribution in [0.4, 0.5) is 0 Å². The Kier molecular flexibility index (Phi) is 10.2. The van der Waals surface area contributed by atoms with Crippen LogP contribution in [0.1, 0.15) is 40.0 Å². The third kappa shape index (κ3) is 7.41. The molecular formula is C35H38NO6P. The Labute approximate surface area is 254 Å². The van der Waals surface area contributed by atoms with E-state index in [2.05, 4.69) is 36.4 Å². The fourth-order valence-corrected chi connectivity index (χ4v) is 9.43. The molecule has 0 bridgehead atoms. The van der Waals surface area contributed by atoms with E-state index < -0.39 is 30.7 Å². The van der Waals surface area contributed by atoms with Crippen molar-refractivity contribution >= 4 is 40.8 Å². The molecule has 0 spiro atoms. The number of aliphatic imine (C=N–C) groups is 1. The van der Waals surface area contributed by atoms with Gasteiger partial charge in [-0.05, 0) is 54.0 Å². The second kappa shape index (κ2) is 13.8. The molecule has 43 heavy (non-hydrogen) atoms. The van der Waals surface area contributed by atoms with Crippen LogP contribution in [0, 0.1) is 0 Å². The van der Waals surface area contributed by atoms with E-state index in [1.54, 1.807) is 20.8 Å². The third-order valence-electron chi connectivity index (χ3n) is 7.17. The molecular weight excluding hydrogens is 561 g/mol. The minimum atomic E-state index is -2.43. The number of benzene rings is 3. The second-order valence-corrected chi connectivity index (χ2v) is 14.7. The van der Waals surface area contributed by atoms with Crippen LogP contribution in [-0.2, 0) is 23.8 Å². The smallest absolute Gasteiger partial charge is 0.310 e. The maximum atomic E-state index is 13.6. The molecule has 0 aliphatic carbocycles. The van der Waals surface area contributed by atoms with Gasteiger partial charge in [-0.3, -0.25) is 9.59 Å². The number of carbonyl (C=O) groups excluding carboxylic acids is 2. The summed E-state index contributed by atoms with van der Waals surface area (Å²) in [5, 5.41) is 17.0. The number of hydrogen-bond donors (Lipinski definition) is 0. The molecule has 0 unspecified atom stereocenters. The summed E-state index contributed by atoms with van der Waals surface area (Å²) >= 11 is 0. The van der Waals surface area contributed by atoms with Crippen LogP contribution in [0.2, 0.25) is 0 Å². The van der Waals surface area contributed by atoms with E-state index in [-0.39, 0.29) is 25.0 Å². The molecule has 3 aromatic carbocycles. The van der Waals surface area contributed by atoms with Crippen molar-refractivity contribution in [3.63, 3.8) is 0 Å². The molecule has 0 aromatic heterocycles. The summed E-state index contributed by atoms with van der Waals surface area (Å²) in [6, 6.07) is 30.9. The monoisotopic (exact) mass is 599 g/mol. The summed E-state index contributed by atoms with van der Waals surface area (Å²) in [5.41, 5.74) is 1.04. The van der Waals surface area contributed by atoms with Crippen LogP contribution in [-0.4, -0.2) is 43.6 Å². The van der Waals surface area contributed by atoms with Gasteiger partial charge in [-0.1, -0.05) is 75.4 Å². The number of methoxy groups -OCH3 is 2. The Morgan fingerprint density at radius 3 is 1.63 bits per heavy atom. The van der Waals surface area contributed by atoms with Gasteiger partial charge >= 0.3 is 11.9 Å². The molecule has 1 heterocycles. The normalized spacial score (nSPS) is 14.7. The first-order chi connectivity index (χ1) is 20.6. The third-order valence-corrected chi connectivity index (χ3v) is 11.5. The molecule has 4 rings (SSSR count). The molecule has 0 fully saturated rings. The lowest BCUT2D eigenvalue weighted by Crippen LogP contribution is -2.36. The summed E-state index contributed by atoms with van der Waals surface area (Å²) in [5.74, 6) is -1.50. The van der Waals surface area contributed by atoms with Crippen LogP contribution in [0.25, 0.3) is 0 Å². The summed E-state index contributed by atoms with van der Waals surface area (Å²) in [7, 11) is 0.215. The van der Waals surface area contributed by atoms with Crippen LogP contribution in [0.3, 0.4) is 0 Å².